The number of rotatable bonds is 5. The summed E-state index contributed by atoms with van der Waals surface area (Å²) < 4.78 is 12.2. The average molecular weight is 355 g/mol. The van der Waals surface area contributed by atoms with Crippen molar-refractivity contribution in [1.29, 1.82) is 0 Å². The van der Waals surface area contributed by atoms with E-state index in [1.165, 1.54) is 0 Å². The van der Waals surface area contributed by atoms with Gasteiger partial charge in [0.2, 0.25) is 11.8 Å². The third-order valence-corrected chi connectivity index (χ3v) is 5.69. The lowest BCUT2D eigenvalue weighted by Crippen LogP contribution is -2.52. The second kappa shape index (κ2) is 7.17. The van der Waals surface area contributed by atoms with Crippen molar-refractivity contribution in [2.45, 2.75) is 50.0 Å². The van der Waals surface area contributed by atoms with Crippen molar-refractivity contribution in [3.8, 4) is 5.88 Å². The number of pyridine rings is 1. The van der Waals surface area contributed by atoms with Crippen molar-refractivity contribution in [2.24, 2.45) is 0 Å². The molecule has 0 radical (unpaired) electrons. The van der Waals surface area contributed by atoms with Gasteiger partial charge in [-0.2, -0.15) is 0 Å². The maximum absolute atomic E-state index is 6.13. The molecule has 0 amide bonds. The van der Waals surface area contributed by atoms with Gasteiger partial charge in [-0.25, -0.2) is 15.0 Å². The fourth-order valence-electron chi connectivity index (χ4n) is 4.32. The van der Waals surface area contributed by atoms with Gasteiger partial charge in [-0.15, -0.1) is 0 Å². The Morgan fingerprint density at radius 3 is 2.81 bits per heavy atom. The number of nitrogen functional groups attached to an aromatic ring is 1. The molecule has 2 aromatic heterocycles. The van der Waals surface area contributed by atoms with Gasteiger partial charge in [-0.3, -0.25) is 4.90 Å². The van der Waals surface area contributed by atoms with Gasteiger partial charge in [0.05, 0.1) is 5.60 Å². The Morgan fingerprint density at radius 2 is 2.08 bits per heavy atom. The molecule has 2 N–H and O–H groups in total. The highest BCUT2D eigenvalue weighted by Crippen LogP contribution is 2.43. The number of anilines is 1. The van der Waals surface area contributed by atoms with Gasteiger partial charge in [-0.1, -0.05) is 6.07 Å². The maximum atomic E-state index is 6.13. The van der Waals surface area contributed by atoms with Crippen molar-refractivity contribution in [3.05, 3.63) is 42.4 Å². The summed E-state index contributed by atoms with van der Waals surface area (Å²) in [4.78, 5) is 15.0. The molecule has 0 spiro atoms. The zero-order valence-corrected chi connectivity index (χ0v) is 15.0. The predicted molar refractivity (Wildman–Crippen MR) is 97.5 cm³/mol. The molecule has 26 heavy (non-hydrogen) atoms. The highest BCUT2D eigenvalue weighted by Gasteiger charge is 2.51. The molecule has 7 nitrogen and oxygen atoms in total. The first-order chi connectivity index (χ1) is 12.7. The number of likely N-dealkylation sites (tertiary alicyclic amines) is 1. The number of hydrogen-bond acceptors (Lipinski definition) is 7. The highest BCUT2D eigenvalue weighted by atomic mass is 16.5. The molecule has 1 saturated carbocycles. The molecule has 138 valence electrons. The SMILES string of the molecule is CO[C@@]12CC[C@H](Oc3ccccn3)C[C@@H]1N(Cc1cnc(N)nc1)CC2. The van der Waals surface area contributed by atoms with Crippen LogP contribution in [0.25, 0.3) is 0 Å². The van der Waals surface area contributed by atoms with Gasteiger partial charge in [0.25, 0.3) is 0 Å². The Kier molecular flexibility index (Phi) is 4.74. The molecule has 3 atom stereocenters. The van der Waals surface area contributed by atoms with Gasteiger partial charge in [-0.05, 0) is 25.3 Å². The Balaban J connectivity index is 1.48. The quantitative estimate of drug-likeness (QED) is 0.878. The summed E-state index contributed by atoms with van der Waals surface area (Å²) in [5.41, 5.74) is 6.58. The van der Waals surface area contributed by atoms with Crippen LogP contribution in [0.15, 0.2) is 36.8 Å². The lowest BCUT2D eigenvalue weighted by atomic mass is 9.79. The van der Waals surface area contributed by atoms with Crippen LogP contribution in [0.4, 0.5) is 5.95 Å². The standard InChI is InChI=1S/C19H25N5O2/c1-25-19-6-5-15(26-17-4-2-3-8-21-17)10-16(19)24(9-7-19)13-14-11-22-18(20)23-12-14/h2-4,8,11-12,15-16H,5-7,9-10,13H2,1H3,(H2,20,22,23)/t15-,16-,19+/m0/s1. The maximum Gasteiger partial charge on any atom is 0.219 e. The molecule has 2 aromatic rings. The predicted octanol–water partition coefficient (Wildman–Crippen LogP) is 2.04. The van der Waals surface area contributed by atoms with Gasteiger partial charge >= 0.3 is 0 Å². The summed E-state index contributed by atoms with van der Waals surface area (Å²) in [6.07, 6.45) is 9.49. The minimum Gasteiger partial charge on any atom is -0.474 e. The molecule has 1 aliphatic heterocycles. The molecule has 1 saturated heterocycles. The van der Waals surface area contributed by atoms with E-state index in [1.54, 1.807) is 18.6 Å². The van der Waals surface area contributed by atoms with Gasteiger partial charge in [0, 0.05) is 62.9 Å². The summed E-state index contributed by atoms with van der Waals surface area (Å²) in [5, 5.41) is 0. The van der Waals surface area contributed by atoms with Crippen molar-refractivity contribution in [1.82, 2.24) is 19.9 Å². The van der Waals surface area contributed by atoms with Crippen LogP contribution in [-0.4, -0.2) is 51.3 Å². The van der Waals surface area contributed by atoms with E-state index in [9.17, 15) is 0 Å². The Morgan fingerprint density at radius 1 is 1.23 bits per heavy atom. The molecule has 2 fully saturated rings. The second-order valence-electron chi connectivity index (χ2n) is 7.14. The zero-order chi connectivity index (χ0) is 18.0. The third kappa shape index (κ3) is 3.37. The van der Waals surface area contributed by atoms with Crippen molar-refractivity contribution >= 4 is 5.95 Å². The molecule has 0 bridgehead atoms. The summed E-state index contributed by atoms with van der Waals surface area (Å²) in [5.74, 6) is 1.00. The first kappa shape index (κ1) is 17.2. The van der Waals surface area contributed by atoms with Gasteiger partial charge < -0.3 is 15.2 Å². The number of methoxy groups -OCH3 is 1. The molecule has 3 heterocycles. The van der Waals surface area contributed by atoms with E-state index >= 15 is 0 Å². The van der Waals surface area contributed by atoms with Crippen LogP contribution >= 0.6 is 0 Å². The third-order valence-electron chi connectivity index (χ3n) is 5.69. The normalized spacial score (nSPS) is 28.7. The highest BCUT2D eigenvalue weighted by molar-refractivity contribution is 5.18. The first-order valence-corrected chi connectivity index (χ1v) is 9.12. The number of nitrogens with two attached hydrogens (primary N) is 1. The van der Waals surface area contributed by atoms with E-state index < -0.39 is 0 Å². The molecular formula is C19H25N5O2. The topological polar surface area (TPSA) is 86.4 Å². The van der Waals surface area contributed by atoms with Crippen LogP contribution in [0.5, 0.6) is 5.88 Å². The number of aromatic nitrogens is 3. The van der Waals surface area contributed by atoms with Gasteiger partial charge in [0.15, 0.2) is 0 Å². The molecule has 7 heteroatoms. The Bertz CT molecular complexity index is 726. The molecule has 4 rings (SSSR count). The fourth-order valence-corrected chi connectivity index (χ4v) is 4.32. The fraction of sp³-hybridized carbons (Fsp3) is 0.526. The number of hydrogen-bond donors (Lipinski definition) is 1. The van der Waals surface area contributed by atoms with E-state index in [2.05, 4.69) is 19.9 Å². The summed E-state index contributed by atoms with van der Waals surface area (Å²) in [6, 6.07) is 6.08. The van der Waals surface area contributed by atoms with Crippen LogP contribution in [-0.2, 0) is 11.3 Å². The largest absolute Gasteiger partial charge is 0.474 e. The molecule has 2 aliphatic rings. The second-order valence-corrected chi connectivity index (χ2v) is 7.14. The van der Waals surface area contributed by atoms with Crippen LogP contribution in [0.3, 0.4) is 0 Å². The molecule has 0 unspecified atom stereocenters. The Labute approximate surface area is 153 Å². The summed E-state index contributed by atoms with van der Waals surface area (Å²) in [7, 11) is 1.84. The van der Waals surface area contributed by atoms with Crippen LogP contribution < -0.4 is 10.5 Å². The summed E-state index contributed by atoms with van der Waals surface area (Å²) in [6.45, 7) is 1.80. The van der Waals surface area contributed by atoms with Gasteiger partial charge in [0.1, 0.15) is 6.10 Å². The number of fused-ring (bicyclic) bond motifs is 1. The van der Waals surface area contributed by atoms with E-state index in [1.807, 2.05) is 25.3 Å². The van der Waals surface area contributed by atoms with E-state index in [0.29, 0.717) is 17.9 Å². The molecule has 0 aromatic carbocycles. The minimum atomic E-state index is -0.0847. The van der Waals surface area contributed by atoms with Crippen molar-refractivity contribution < 1.29 is 9.47 Å². The first-order valence-electron chi connectivity index (χ1n) is 9.12. The van der Waals surface area contributed by atoms with Crippen LogP contribution in [0, 0.1) is 0 Å². The van der Waals surface area contributed by atoms with Crippen LogP contribution in [0.1, 0.15) is 31.2 Å². The lowest BCUT2D eigenvalue weighted by molar-refractivity contribution is -0.0843. The molecular weight excluding hydrogens is 330 g/mol. The van der Waals surface area contributed by atoms with Crippen molar-refractivity contribution in [2.75, 3.05) is 19.4 Å². The summed E-state index contributed by atoms with van der Waals surface area (Å²) >= 11 is 0. The number of ether oxygens (including phenoxy) is 2. The monoisotopic (exact) mass is 355 g/mol. The lowest BCUT2D eigenvalue weighted by Gasteiger charge is -2.43. The zero-order valence-electron chi connectivity index (χ0n) is 15.0. The van der Waals surface area contributed by atoms with E-state index in [4.69, 9.17) is 15.2 Å². The van der Waals surface area contributed by atoms with Crippen LogP contribution in [0.2, 0.25) is 0 Å². The smallest absolute Gasteiger partial charge is 0.219 e. The van der Waals surface area contributed by atoms with Crippen molar-refractivity contribution in [3.63, 3.8) is 0 Å². The Hall–Kier alpha value is -2.25. The average Bonchev–Trinajstić information content (AvgIpc) is 3.03. The molecule has 1 aliphatic carbocycles. The van der Waals surface area contributed by atoms with E-state index in [-0.39, 0.29) is 11.7 Å². The minimum absolute atomic E-state index is 0.0847. The number of nitrogens with zero attached hydrogens (tertiary/aromatic N) is 4. The van der Waals surface area contributed by atoms with E-state index in [0.717, 1.165) is 44.3 Å².